The molecule has 0 amide bonds. The predicted octanol–water partition coefficient (Wildman–Crippen LogP) is 3.07. The molecule has 8 nitrogen and oxygen atoms in total. The lowest BCUT2D eigenvalue weighted by molar-refractivity contribution is -0.384. The van der Waals surface area contributed by atoms with E-state index in [1.807, 2.05) is 0 Å². The summed E-state index contributed by atoms with van der Waals surface area (Å²) in [4.78, 5) is 34.5. The number of para-hydroxylation sites is 1. The molecule has 8 heteroatoms. The maximum Gasteiger partial charge on any atom is 0.351 e. The number of hydrogen-bond acceptors (Lipinski definition) is 7. The summed E-state index contributed by atoms with van der Waals surface area (Å²) < 4.78 is 15.4. The topological polar surface area (TPSA) is 109 Å². The first-order chi connectivity index (χ1) is 12.5. The summed E-state index contributed by atoms with van der Waals surface area (Å²) in [5.74, 6) is -0.508. The first-order valence-corrected chi connectivity index (χ1v) is 7.51. The number of non-ortho nitro benzene ring substituents is 1. The highest BCUT2D eigenvalue weighted by molar-refractivity contribution is 5.94. The van der Waals surface area contributed by atoms with Gasteiger partial charge >= 0.3 is 11.6 Å². The lowest BCUT2D eigenvalue weighted by atomic mass is 10.1. The number of benzene rings is 2. The smallest absolute Gasteiger partial charge is 0.351 e. The number of ether oxygens (including phenoxy) is 2. The van der Waals surface area contributed by atoms with E-state index in [-0.39, 0.29) is 23.4 Å². The second-order valence-corrected chi connectivity index (χ2v) is 5.33. The molecule has 0 saturated heterocycles. The van der Waals surface area contributed by atoms with Crippen molar-refractivity contribution in [3.8, 4) is 5.75 Å². The fraction of sp³-hybridized carbons (Fsp3) is 0.111. The summed E-state index contributed by atoms with van der Waals surface area (Å²) in [5, 5.41) is 11.3. The zero-order valence-electron chi connectivity index (χ0n) is 13.6. The molecule has 0 spiro atoms. The van der Waals surface area contributed by atoms with Gasteiger partial charge in [0, 0.05) is 17.5 Å². The number of methoxy groups -OCH3 is 1. The van der Waals surface area contributed by atoms with Crippen LogP contribution in [0.2, 0.25) is 0 Å². The SMILES string of the molecule is COc1cccc2cc(C(=O)OCc3cccc([N+](=O)[O-])c3)c(=O)oc12. The van der Waals surface area contributed by atoms with Gasteiger partial charge in [0.25, 0.3) is 5.69 Å². The van der Waals surface area contributed by atoms with Gasteiger partial charge in [-0.3, -0.25) is 10.1 Å². The number of nitro groups is 1. The highest BCUT2D eigenvalue weighted by Crippen LogP contribution is 2.24. The van der Waals surface area contributed by atoms with E-state index in [1.165, 1.54) is 31.4 Å². The maximum absolute atomic E-state index is 12.2. The van der Waals surface area contributed by atoms with Crippen LogP contribution in [0.1, 0.15) is 15.9 Å². The minimum absolute atomic E-state index is 0.115. The van der Waals surface area contributed by atoms with Crippen LogP contribution in [0.15, 0.2) is 57.7 Å². The number of esters is 1. The highest BCUT2D eigenvalue weighted by Gasteiger charge is 2.17. The van der Waals surface area contributed by atoms with Crippen molar-refractivity contribution in [3.05, 3.63) is 80.2 Å². The Balaban J connectivity index is 1.84. The first kappa shape index (κ1) is 17.2. The normalized spacial score (nSPS) is 10.5. The van der Waals surface area contributed by atoms with Gasteiger partial charge in [0.05, 0.1) is 12.0 Å². The van der Waals surface area contributed by atoms with Crippen LogP contribution < -0.4 is 10.4 Å². The molecule has 0 atom stereocenters. The van der Waals surface area contributed by atoms with E-state index >= 15 is 0 Å². The Morgan fingerprint density at radius 1 is 1.19 bits per heavy atom. The molecular weight excluding hydrogens is 342 g/mol. The largest absolute Gasteiger partial charge is 0.493 e. The van der Waals surface area contributed by atoms with Gasteiger partial charge in [0.2, 0.25) is 0 Å². The van der Waals surface area contributed by atoms with E-state index in [0.29, 0.717) is 16.7 Å². The molecule has 1 heterocycles. The number of rotatable bonds is 5. The number of nitrogens with zero attached hydrogens (tertiary/aromatic N) is 1. The van der Waals surface area contributed by atoms with Gasteiger partial charge in [0.15, 0.2) is 11.3 Å². The van der Waals surface area contributed by atoms with E-state index in [2.05, 4.69) is 0 Å². The van der Waals surface area contributed by atoms with Gasteiger partial charge in [0.1, 0.15) is 12.2 Å². The number of hydrogen-bond donors (Lipinski definition) is 0. The lowest BCUT2D eigenvalue weighted by Crippen LogP contribution is -2.16. The maximum atomic E-state index is 12.2. The molecule has 3 rings (SSSR count). The van der Waals surface area contributed by atoms with Crippen LogP contribution in [0.5, 0.6) is 5.75 Å². The molecule has 0 unspecified atom stereocenters. The summed E-state index contributed by atoms with van der Waals surface area (Å²) in [5.41, 5.74) is -0.576. The van der Waals surface area contributed by atoms with E-state index < -0.39 is 16.5 Å². The summed E-state index contributed by atoms with van der Waals surface area (Å²) >= 11 is 0. The second-order valence-electron chi connectivity index (χ2n) is 5.33. The van der Waals surface area contributed by atoms with Crippen molar-refractivity contribution in [1.29, 1.82) is 0 Å². The summed E-state index contributed by atoms with van der Waals surface area (Å²) in [6.45, 7) is -0.212. The Morgan fingerprint density at radius 2 is 1.96 bits per heavy atom. The average molecular weight is 355 g/mol. The van der Waals surface area contributed by atoms with Crippen molar-refractivity contribution < 1.29 is 23.6 Å². The third-order valence-corrected chi connectivity index (χ3v) is 3.66. The van der Waals surface area contributed by atoms with Gasteiger partial charge in [-0.25, -0.2) is 9.59 Å². The van der Waals surface area contributed by atoms with Crippen LogP contribution in [0, 0.1) is 10.1 Å². The van der Waals surface area contributed by atoms with E-state index in [1.54, 1.807) is 24.3 Å². The van der Waals surface area contributed by atoms with Crippen LogP contribution in [0.3, 0.4) is 0 Å². The molecule has 132 valence electrons. The van der Waals surface area contributed by atoms with Crippen LogP contribution >= 0.6 is 0 Å². The number of carbonyl (C=O) groups excluding carboxylic acids is 1. The van der Waals surface area contributed by atoms with Crippen molar-refractivity contribution in [2.75, 3.05) is 7.11 Å². The van der Waals surface area contributed by atoms with Crippen molar-refractivity contribution in [3.63, 3.8) is 0 Å². The fourth-order valence-electron chi connectivity index (χ4n) is 2.41. The quantitative estimate of drug-likeness (QED) is 0.299. The van der Waals surface area contributed by atoms with Crippen molar-refractivity contribution in [1.82, 2.24) is 0 Å². The Labute approximate surface area is 146 Å². The Kier molecular flexibility index (Phi) is 4.66. The van der Waals surface area contributed by atoms with Gasteiger partial charge in [-0.1, -0.05) is 24.3 Å². The predicted molar refractivity (Wildman–Crippen MR) is 91.3 cm³/mol. The van der Waals surface area contributed by atoms with Crippen LogP contribution in [0.25, 0.3) is 11.0 Å². The van der Waals surface area contributed by atoms with Crippen molar-refractivity contribution in [2.24, 2.45) is 0 Å². The van der Waals surface area contributed by atoms with Crippen molar-refractivity contribution in [2.45, 2.75) is 6.61 Å². The molecule has 0 fully saturated rings. The molecule has 3 aromatic rings. The molecule has 1 aromatic heterocycles. The Hall–Kier alpha value is -3.68. The van der Waals surface area contributed by atoms with E-state index in [9.17, 15) is 19.7 Å². The Morgan fingerprint density at radius 3 is 2.69 bits per heavy atom. The molecule has 0 aliphatic carbocycles. The molecule has 0 aliphatic rings. The van der Waals surface area contributed by atoms with Crippen LogP contribution in [0.4, 0.5) is 5.69 Å². The van der Waals surface area contributed by atoms with Crippen molar-refractivity contribution >= 4 is 22.6 Å². The van der Waals surface area contributed by atoms with Gasteiger partial charge < -0.3 is 13.9 Å². The third-order valence-electron chi connectivity index (χ3n) is 3.66. The molecule has 0 aliphatic heterocycles. The van der Waals surface area contributed by atoms with E-state index in [0.717, 1.165) is 0 Å². The standard InChI is InChI=1S/C18H13NO7/c1-24-15-7-3-5-12-9-14(18(21)26-16(12)15)17(20)25-10-11-4-2-6-13(8-11)19(22)23/h2-9H,10H2,1H3. The van der Waals surface area contributed by atoms with E-state index in [4.69, 9.17) is 13.9 Å². The average Bonchev–Trinajstić information content (AvgIpc) is 2.65. The minimum Gasteiger partial charge on any atom is -0.493 e. The van der Waals surface area contributed by atoms with Crippen LogP contribution in [-0.4, -0.2) is 18.0 Å². The number of carbonyl (C=O) groups is 1. The first-order valence-electron chi connectivity index (χ1n) is 7.51. The molecule has 26 heavy (non-hydrogen) atoms. The molecule has 0 bridgehead atoms. The lowest BCUT2D eigenvalue weighted by Gasteiger charge is -2.07. The Bertz CT molecular complexity index is 1050. The molecule has 2 aromatic carbocycles. The van der Waals surface area contributed by atoms with Gasteiger partial charge in [-0.15, -0.1) is 0 Å². The molecule has 0 N–H and O–H groups in total. The zero-order valence-corrected chi connectivity index (χ0v) is 13.6. The van der Waals surface area contributed by atoms with Crippen LogP contribution in [-0.2, 0) is 11.3 Å². The summed E-state index contributed by atoms with van der Waals surface area (Å²) in [7, 11) is 1.44. The number of fused-ring (bicyclic) bond motifs is 1. The third kappa shape index (κ3) is 3.39. The highest BCUT2D eigenvalue weighted by atomic mass is 16.6. The summed E-state index contributed by atoms with van der Waals surface area (Å²) in [6, 6.07) is 12.0. The zero-order chi connectivity index (χ0) is 18.7. The molecular formula is C18H13NO7. The summed E-state index contributed by atoms with van der Waals surface area (Å²) in [6.07, 6.45) is 0. The molecule has 0 radical (unpaired) electrons. The van der Waals surface area contributed by atoms with Gasteiger partial charge in [-0.2, -0.15) is 0 Å². The monoisotopic (exact) mass is 355 g/mol. The fourth-order valence-corrected chi connectivity index (χ4v) is 2.41. The minimum atomic E-state index is -0.880. The second kappa shape index (κ2) is 7.06. The molecule has 0 saturated carbocycles. The van der Waals surface area contributed by atoms with Gasteiger partial charge in [-0.05, 0) is 17.7 Å². The number of nitro benzene ring substituents is 1.